The number of carbonyl (C=O) groups is 2. The summed E-state index contributed by atoms with van der Waals surface area (Å²) in [6, 6.07) is 16.3. The Balaban J connectivity index is 1.90. The van der Waals surface area contributed by atoms with Crippen LogP contribution in [0.5, 0.6) is 0 Å². The van der Waals surface area contributed by atoms with Crippen LogP contribution in [-0.2, 0) is 4.74 Å². The number of ether oxygens (including phenoxy) is 1. The minimum Gasteiger partial charge on any atom is -0.452 e. The van der Waals surface area contributed by atoms with E-state index in [1.54, 1.807) is 12.1 Å². The Morgan fingerprint density at radius 3 is 1.91 bits per heavy atom. The largest absolute Gasteiger partial charge is 0.452 e. The molecule has 0 spiro atoms. The Hall–Kier alpha value is -3.46. The number of nitro groups is 1. The van der Waals surface area contributed by atoms with Gasteiger partial charge in [-0.15, -0.1) is 0 Å². The molecule has 0 radical (unpaired) electrons. The van der Waals surface area contributed by atoms with E-state index in [0.717, 1.165) is 0 Å². The summed E-state index contributed by atoms with van der Waals surface area (Å²) in [6.45, 7) is -0.575. The van der Waals surface area contributed by atoms with Crippen molar-refractivity contribution >= 4 is 40.8 Å². The highest BCUT2D eigenvalue weighted by atomic mass is 35.5. The van der Waals surface area contributed by atoms with Crippen molar-refractivity contribution in [2.24, 2.45) is 0 Å². The molecule has 0 unspecified atom stereocenters. The second-order valence-corrected chi connectivity index (χ2v) is 7.82. The van der Waals surface area contributed by atoms with E-state index in [1.165, 1.54) is 60.7 Å². The molecule has 3 aromatic rings. The SMILES string of the molecule is O=C(N[C@H](CO)[C@H](OC(=O)c1ccc(Cl)cc1)c1ccc([N+](=O)[O-])cc1)c1ccc(Cl)cc1. The molecule has 3 rings (SSSR count). The molecule has 0 aromatic heterocycles. The smallest absolute Gasteiger partial charge is 0.338 e. The van der Waals surface area contributed by atoms with Gasteiger partial charge < -0.3 is 15.2 Å². The third kappa shape index (κ3) is 6.29. The van der Waals surface area contributed by atoms with E-state index in [2.05, 4.69) is 5.32 Å². The van der Waals surface area contributed by atoms with E-state index in [1.807, 2.05) is 0 Å². The number of benzene rings is 3. The number of rotatable bonds is 8. The van der Waals surface area contributed by atoms with E-state index in [0.29, 0.717) is 15.6 Å². The van der Waals surface area contributed by atoms with E-state index in [-0.39, 0.29) is 16.8 Å². The number of hydrogen-bond donors (Lipinski definition) is 2. The zero-order valence-corrected chi connectivity index (χ0v) is 18.5. The molecule has 1 amide bonds. The third-order valence-electron chi connectivity index (χ3n) is 4.73. The number of hydrogen-bond acceptors (Lipinski definition) is 6. The molecule has 0 saturated carbocycles. The molecule has 8 nitrogen and oxygen atoms in total. The Morgan fingerprint density at radius 1 is 0.909 bits per heavy atom. The lowest BCUT2D eigenvalue weighted by Crippen LogP contribution is -2.43. The first-order chi connectivity index (χ1) is 15.8. The van der Waals surface area contributed by atoms with Gasteiger partial charge in [0.25, 0.3) is 11.6 Å². The molecular formula is C23H18Cl2N2O6. The second-order valence-electron chi connectivity index (χ2n) is 6.95. The Labute approximate surface area is 198 Å². The van der Waals surface area contributed by atoms with Crippen LogP contribution < -0.4 is 5.32 Å². The van der Waals surface area contributed by atoms with E-state index < -0.39 is 35.6 Å². The summed E-state index contributed by atoms with van der Waals surface area (Å²) in [5, 5.41) is 24.5. The number of esters is 1. The molecule has 3 aromatic carbocycles. The normalized spacial score (nSPS) is 12.5. The fraction of sp³-hybridized carbons (Fsp3) is 0.130. The van der Waals surface area contributed by atoms with E-state index >= 15 is 0 Å². The first-order valence-corrected chi connectivity index (χ1v) is 10.4. The van der Waals surface area contributed by atoms with Crippen LogP contribution in [0, 0.1) is 10.1 Å². The molecule has 170 valence electrons. The number of nitrogens with one attached hydrogen (secondary N) is 1. The highest BCUT2D eigenvalue weighted by Gasteiger charge is 2.29. The van der Waals surface area contributed by atoms with Crippen LogP contribution in [0.4, 0.5) is 5.69 Å². The maximum Gasteiger partial charge on any atom is 0.338 e. The van der Waals surface area contributed by atoms with Crippen LogP contribution in [0.25, 0.3) is 0 Å². The number of aliphatic hydroxyl groups is 1. The molecule has 0 heterocycles. The quantitative estimate of drug-likeness (QED) is 0.272. The maximum atomic E-state index is 12.7. The highest BCUT2D eigenvalue weighted by molar-refractivity contribution is 6.31. The van der Waals surface area contributed by atoms with E-state index in [9.17, 15) is 24.8 Å². The fourth-order valence-electron chi connectivity index (χ4n) is 3.01. The fourth-order valence-corrected chi connectivity index (χ4v) is 3.26. The molecule has 0 saturated heterocycles. The molecule has 0 fully saturated rings. The highest BCUT2D eigenvalue weighted by Crippen LogP contribution is 2.26. The molecule has 2 N–H and O–H groups in total. The number of nitro benzene ring substituents is 1. The van der Waals surface area contributed by atoms with Gasteiger partial charge in [-0.1, -0.05) is 23.2 Å². The van der Waals surface area contributed by atoms with Crippen LogP contribution >= 0.6 is 23.2 Å². The second kappa shape index (κ2) is 10.9. The average molecular weight is 489 g/mol. The standard InChI is InChI=1S/C23H18Cl2N2O6/c24-17-7-1-15(2-8-17)22(29)26-20(13-28)21(14-5-11-19(12-6-14)27(31)32)33-23(30)16-3-9-18(25)10-4-16/h1-12,20-21,28H,13H2,(H,26,29)/t20-,21-/m1/s1. The summed E-state index contributed by atoms with van der Waals surface area (Å²) < 4.78 is 5.62. The van der Waals surface area contributed by atoms with Gasteiger partial charge in [-0.3, -0.25) is 14.9 Å². The predicted molar refractivity (Wildman–Crippen MR) is 122 cm³/mol. The lowest BCUT2D eigenvalue weighted by Gasteiger charge is -2.27. The Kier molecular flexibility index (Phi) is 8.00. The van der Waals surface area contributed by atoms with Crippen LogP contribution in [0.15, 0.2) is 72.8 Å². The van der Waals surface area contributed by atoms with Crippen LogP contribution in [0.1, 0.15) is 32.4 Å². The van der Waals surface area contributed by atoms with Crippen LogP contribution in [-0.4, -0.2) is 34.6 Å². The molecule has 2 atom stereocenters. The van der Waals surface area contributed by atoms with Crippen LogP contribution in [0.3, 0.4) is 0 Å². The van der Waals surface area contributed by atoms with Gasteiger partial charge in [0.2, 0.25) is 0 Å². The molecule has 0 bridgehead atoms. The number of nitrogens with zero attached hydrogens (tertiary/aromatic N) is 1. The van der Waals surface area contributed by atoms with Gasteiger partial charge >= 0.3 is 5.97 Å². The van der Waals surface area contributed by atoms with Crippen molar-refractivity contribution in [3.63, 3.8) is 0 Å². The van der Waals surface area contributed by atoms with Crippen molar-refractivity contribution in [2.45, 2.75) is 12.1 Å². The maximum absolute atomic E-state index is 12.7. The van der Waals surface area contributed by atoms with Gasteiger partial charge in [0.05, 0.1) is 23.1 Å². The predicted octanol–water partition coefficient (Wildman–Crippen LogP) is 4.59. The van der Waals surface area contributed by atoms with Gasteiger partial charge in [-0.25, -0.2) is 4.79 Å². The van der Waals surface area contributed by atoms with Gasteiger partial charge in [0, 0.05) is 27.7 Å². The number of carbonyl (C=O) groups excluding carboxylic acids is 2. The lowest BCUT2D eigenvalue weighted by molar-refractivity contribution is -0.384. The molecule has 10 heteroatoms. The first kappa shape index (κ1) is 24.2. The number of halogens is 2. The molecule has 0 aliphatic carbocycles. The van der Waals surface area contributed by atoms with Gasteiger partial charge in [-0.05, 0) is 66.2 Å². The minimum atomic E-state index is -1.14. The van der Waals surface area contributed by atoms with Crippen molar-refractivity contribution in [3.8, 4) is 0 Å². The van der Waals surface area contributed by atoms with Crippen molar-refractivity contribution in [2.75, 3.05) is 6.61 Å². The molecular weight excluding hydrogens is 471 g/mol. The number of amides is 1. The summed E-state index contributed by atoms with van der Waals surface area (Å²) in [5.74, 6) is -1.26. The molecule has 33 heavy (non-hydrogen) atoms. The summed E-state index contributed by atoms with van der Waals surface area (Å²) in [6.07, 6.45) is -1.14. The van der Waals surface area contributed by atoms with Crippen molar-refractivity contribution in [3.05, 3.63) is 110 Å². The van der Waals surface area contributed by atoms with Crippen molar-refractivity contribution in [1.82, 2.24) is 5.32 Å². The van der Waals surface area contributed by atoms with Gasteiger partial charge in [0.15, 0.2) is 0 Å². The monoisotopic (exact) mass is 488 g/mol. The summed E-state index contributed by atoms with van der Waals surface area (Å²) in [5.41, 5.74) is 0.669. The third-order valence-corrected chi connectivity index (χ3v) is 5.24. The van der Waals surface area contributed by atoms with Crippen LogP contribution in [0.2, 0.25) is 10.0 Å². The van der Waals surface area contributed by atoms with Gasteiger partial charge in [0.1, 0.15) is 6.10 Å². The number of non-ortho nitro benzene ring substituents is 1. The van der Waals surface area contributed by atoms with Crippen molar-refractivity contribution in [1.29, 1.82) is 0 Å². The van der Waals surface area contributed by atoms with Crippen molar-refractivity contribution < 1.29 is 24.4 Å². The lowest BCUT2D eigenvalue weighted by atomic mass is 10.0. The summed E-state index contributed by atoms with van der Waals surface area (Å²) in [7, 11) is 0. The number of aliphatic hydroxyl groups excluding tert-OH is 1. The Morgan fingerprint density at radius 2 is 1.42 bits per heavy atom. The minimum absolute atomic E-state index is 0.160. The molecule has 0 aliphatic heterocycles. The van der Waals surface area contributed by atoms with Gasteiger partial charge in [-0.2, -0.15) is 0 Å². The zero-order chi connectivity index (χ0) is 24.0. The van der Waals surface area contributed by atoms with E-state index in [4.69, 9.17) is 27.9 Å². The molecule has 0 aliphatic rings. The average Bonchev–Trinajstić information content (AvgIpc) is 2.82. The summed E-state index contributed by atoms with van der Waals surface area (Å²) in [4.78, 5) is 35.9. The summed E-state index contributed by atoms with van der Waals surface area (Å²) >= 11 is 11.7. The topological polar surface area (TPSA) is 119 Å². The Bertz CT molecular complexity index is 1140. The zero-order valence-electron chi connectivity index (χ0n) is 17.0. The first-order valence-electron chi connectivity index (χ1n) is 9.66.